The Hall–Kier alpha value is -4.89. The average molecular weight is 620 g/mol. The Morgan fingerprint density at radius 3 is 2.77 bits per heavy atom. The highest BCUT2D eigenvalue weighted by atomic mass is 32.2. The lowest BCUT2D eigenvalue weighted by atomic mass is 10.0. The number of aromatic nitrogens is 3. The number of carbonyl (C=O) groups excluding carboxylic acids is 3. The van der Waals surface area contributed by atoms with E-state index in [1.54, 1.807) is 5.38 Å². The van der Waals surface area contributed by atoms with Crippen LogP contribution in [0.4, 0.5) is 5.13 Å². The molecule has 2 atom stereocenters. The lowest BCUT2D eigenvalue weighted by Gasteiger charge is -2.50. The Morgan fingerprint density at radius 1 is 1.23 bits per heavy atom. The van der Waals surface area contributed by atoms with Crippen LogP contribution in [0.5, 0.6) is 5.75 Å². The molecule has 1 aromatic carbocycles. The van der Waals surface area contributed by atoms with Gasteiger partial charge in [0, 0.05) is 16.7 Å². The van der Waals surface area contributed by atoms with Gasteiger partial charge in [0.05, 0.1) is 17.9 Å². The number of benzene rings is 1. The normalized spacial score (nSPS) is 18.3. The van der Waals surface area contributed by atoms with Crippen LogP contribution in [0.15, 0.2) is 82.9 Å². The summed E-state index contributed by atoms with van der Waals surface area (Å²) in [5, 5.41) is 19.9. The predicted molar refractivity (Wildman–Crippen MR) is 155 cm³/mol. The van der Waals surface area contributed by atoms with E-state index in [0.29, 0.717) is 23.7 Å². The zero-order valence-corrected chi connectivity index (χ0v) is 24.3. The fourth-order valence-corrected chi connectivity index (χ4v) is 6.89. The van der Waals surface area contributed by atoms with Gasteiger partial charge in [-0.2, -0.15) is 4.40 Å². The van der Waals surface area contributed by atoms with Crippen LogP contribution < -0.4 is 25.3 Å². The summed E-state index contributed by atoms with van der Waals surface area (Å²) in [6.07, 6.45) is 5.54. The topological polar surface area (TPSA) is 168 Å². The van der Waals surface area contributed by atoms with Gasteiger partial charge in [-0.05, 0) is 17.7 Å². The maximum atomic E-state index is 13.2. The summed E-state index contributed by atoms with van der Waals surface area (Å²) in [6, 6.07) is 12.5. The van der Waals surface area contributed by atoms with Crippen molar-refractivity contribution < 1.29 is 33.5 Å². The number of anilines is 1. The Bertz CT molecular complexity index is 1780. The number of nitrogens with zero attached hydrogens (tertiary/aromatic N) is 5. The maximum Gasteiger partial charge on any atom is 0.329 e. The van der Waals surface area contributed by atoms with E-state index in [1.807, 2.05) is 70.0 Å². The maximum absolute atomic E-state index is 13.2. The first kappa shape index (κ1) is 28.2. The number of nitrogens with two attached hydrogens (primary N) is 1. The van der Waals surface area contributed by atoms with Gasteiger partial charge in [-0.15, -0.1) is 23.1 Å². The quantitative estimate of drug-likeness (QED) is 0.110. The van der Waals surface area contributed by atoms with E-state index in [1.165, 1.54) is 23.8 Å². The van der Waals surface area contributed by atoms with E-state index >= 15 is 0 Å². The molecule has 13 nitrogen and oxygen atoms in total. The number of carboxylic acid groups (broad SMARTS) is 1. The number of rotatable bonds is 10. The molecule has 2 amide bonds. The fourth-order valence-electron chi connectivity index (χ4n) is 5.00. The molecule has 5 heterocycles. The number of oxime groups is 1. The zero-order chi connectivity index (χ0) is 30.1. The fraction of sp³-hybridized carbons (Fsp3) is 0.214. The van der Waals surface area contributed by atoms with E-state index in [4.69, 9.17) is 15.3 Å². The molecule has 0 bridgehead atoms. The van der Waals surface area contributed by atoms with Crippen LogP contribution in [0.2, 0.25) is 0 Å². The molecule has 43 heavy (non-hydrogen) atoms. The molecule has 2 aliphatic heterocycles. The van der Waals surface area contributed by atoms with Crippen LogP contribution in [0.25, 0.3) is 5.65 Å². The molecule has 3 N–H and O–H groups in total. The van der Waals surface area contributed by atoms with E-state index in [2.05, 4.69) is 15.5 Å². The number of amides is 2. The second kappa shape index (κ2) is 11.8. The number of pyridine rings is 1. The van der Waals surface area contributed by atoms with Crippen LogP contribution in [-0.2, 0) is 32.4 Å². The number of thioether (sulfide) groups is 1. The number of carboxylic acids is 1. The number of hydrogen-bond acceptors (Lipinski definition) is 11. The number of nitrogen functional groups attached to an aromatic ring is 1. The first-order valence-electron chi connectivity index (χ1n) is 13.0. The molecule has 2 aliphatic rings. The second-order valence-electron chi connectivity index (χ2n) is 9.60. The molecule has 1 fully saturated rings. The lowest BCUT2D eigenvalue weighted by Crippen LogP contribution is -2.71. The number of β-lactam (4-membered cyclic amide) rings is 1. The summed E-state index contributed by atoms with van der Waals surface area (Å²) in [4.78, 5) is 48.6. The average Bonchev–Trinajstić information content (AvgIpc) is 3.63. The van der Waals surface area contributed by atoms with Crippen LogP contribution in [0.1, 0.15) is 11.3 Å². The van der Waals surface area contributed by atoms with Crippen molar-refractivity contribution in [1.29, 1.82) is 0 Å². The summed E-state index contributed by atoms with van der Waals surface area (Å²) in [5.74, 6) is -1.83. The third-order valence-electron chi connectivity index (χ3n) is 6.93. The molecule has 15 heteroatoms. The van der Waals surface area contributed by atoms with Crippen LogP contribution >= 0.6 is 23.1 Å². The number of fused-ring (bicyclic) bond motifs is 2. The van der Waals surface area contributed by atoms with Gasteiger partial charge >= 0.3 is 5.65 Å². The Labute approximate surface area is 253 Å². The number of thiazole rings is 1. The van der Waals surface area contributed by atoms with Gasteiger partial charge in [-0.3, -0.25) is 14.5 Å². The van der Waals surface area contributed by atoms with Gasteiger partial charge < -0.3 is 30.5 Å². The first-order chi connectivity index (χ1) is 20.9. The molecular formula is C28H25N7O6S2. The van der Waals surface area contributed by atoms with Crippen LogP contribution in [0.3, 0.4) is 0 Å². The minimum absolute atomic E-state index is 0.152. The number of carbonyl (C=O) groups is 3. The SMILES string of the molecule is CO/N=C(\C(=O)N[C@@H]1C(=O)N2C(C(=O)[O-])=C(Cn3cc[n+]4cccc(OCc5ccccc5)c34)CS[C@H]12)c1csc(N)n1. The summed E-state index contributed by atoms with van der Waals surface area (Å²) >= 11 is 2.47. The molecule has 4 aromatic rings. The van der Waals surface area contributed by atoms with Crippen LogP contribution in [-0.4, -0.2) is 62.2 Å². The van der Waals surface area contributed by atoms with Crippen molar-refractivity contribution in [1.82, 2.24) is 19.8 Å². The molecule has 220 valence electrons. The number of imidazole rings is 1. The Morgan fingerprint density at radius 2 is 2.05 bits per heavy atom. The number of nitrogens with one attached hydrogen (secondary N) is 1. The third kappa shape index (κ3) is 5.39. The van der Waals surface area contributed by atoms with Gasteiger partial charge in [0.15, 0.2) is 10.8 Å². The third-order valence-corrected chi connectivity index (χ3v) is 8.94. The lowest BCUT2D eigenvalue weighted by molar-refractivity contribution is -0.511. The zero-order valence-electron chi connectivity index (χ0n) is 22.7. The molecule has 0 unspecified atom stereocenters. The molecule has 0 spiro atoms. The monoisotopic (exact) mass is 619 g/mol. The molecule has 3 aromatic heterocycles. The summed E-state index contributed by atoms with van der Waals surface area (Å²) in [6.45, 7) is 0.542. The van der Waals surface area contributed by atoms with E-state index in [9.17, 15) is 19.5 Å². The van der Waals surface area contributed by atoms with E-state index in [-0.39, 0.29) is 28.8 Å². The van der Waals surface area contributed by atoms with Crippen molar-refractivity contribution in [3.8, 4) is 5.75 Å². The first-order valence-corrected chi connectivity index (χ1v) is 15.0. The van der Waals surface area contributed by atoms with Gasteiger partial charge in [-0.25, -0.2) is 9.55 Å². The van der Waals surface area contributed by atoms with E-state index < -0.39 is 29.2 Å². The molecule has 0 saturated carbocycles. The van der Waals surface area contributed by atoms with Gasteiger partial charge in [0.2, 0.25) is 5.75 Å². The van der Waals surface area contributed by atoms with Gasteiger partial charge in [0.25, 0.3) is 11.8 Å². The van der Waals surface area contributed by atoms with Crippen molar-refractivity contribution in [3.05, 3.63) is 89.0 Å². The summed E-state index contributed by atoms with van der Waals surface area (Å²) in [7, 11) is 1.28. The number of aliphatic carboxylic acids is 1. The molecule has 0 aliphatic carbocycles. The van der Waals surface area contributed by atoms with Crippen molar-refractivity contribution in [3.63, 3.8) is 0 Å². The van der Waals surface area contributed by atoms with Crippen molar-refractivity contribution >= 4 is 57.4 Å². The highest BCUT2D eigenvalue weighted by molar-refractivity contribution is 8.00. The van der Waals surface area contributed by atoms with Gasteiger partial charge in [0.1, 0.15) is 49.8 Å². The minimum Gasteiger partial charge on any atom is -0.543 e. The Kier molecular flexibility index (Phi) is 7.73. The summed E-state index contributed by atoms with van der Waals surface area (Å²) < 4.78 is 9.88. The van der Waals surface area contributed by atoms with Crippen LogP contribution in [0, 0.1) is 0 Å². The number of hydrogen-bond donors (Lipinski definition) is 2. The van der Waals surface area contributed by atoms with Crippen molar-refractivity contribution in [2.45, 2.75) is 24.6 Å². The Balaban J connectivity index is 1.23. The minimum atomic E-state index is -1.47. The standard InChI is InChI=1S/C28H25N7O6S2/c1-40-32-20(18-15-43-28(29)30-18)23(36)31-21-25(37)35-22(27(38)39)17(14-42-26(21)35)12-34-11-10-33-9-5-8-19(24(33)34)41-13-16-6-3-2-4-7-16/h2-11,15,21,26H,12-14H2,1H3,(H3-,29,30,31,36,38,39)/b32-20-/t21-,26-/m1/s1. The number of ether oxygens (including phenoxy) is 1. The largest absolute Gasteiger partial charge is 0.543 e. The molecular weight excluding hydrogens is 594 g/mol. The van der Waals surface area contributed by atoms with Crippen molar-refractivity contribution in [2.24, 2.45) is 5.16 Å². The van der Waals surface area contributed by atoms with Gasteiger partial charge in [-0.1, -0.05) is 35.5 Å². The van der Waals surface area contributed by atoms with E-state index in [0.717, 1.165) is 22.5 Å². The summed E-state index contributed by atoms with van der Waals surface area (Å²) in [5.41, 5.74) is 7.76. The molecule has 1 saturated heterocycles. The predicted octanol–water partition coefficient (Wildman–Crippen LogP) is 0.299. The molecule has 0 radical (unpaired) electrons. The highest BCUT2D eigenvalue weighted by Gasteiger charge is 2.53. The molecule has 6 rings (SSSR count). The highest BCUT2D eigenvalue weighted by Crippen LogP contribution is 2.40. The van der Waals surface area contributed by atoms with Crippen molar-refractivity contribution in [2.75, 3.05) is 18.6 Å². The smallest absolute Gasteiger partial charge is 0.329 e. The second-order valence-corrected chi connectivity index (χ2v) is 11.6.